The zero-order valence-corrected chi connectivity index (χ0v) is 21.2. The Morgan fingerprint density at radius 2 is 1.66 bits per heavy atom. The average Bonchev–Trinajstić information content (AvgIpc) is 3.18. The summed E-state index contributed by atoms with van der Waals surface area (Å²) in [5, 5.41) is 10.1. The number of amides is 1. The number of carbonyl (C=O) groups excluding carboxylic acids is 1. The van der Waals surface area contributed by atoms with E-state index < -0.39 is 23.4 Å². The molecule has 198 valence electrons. The molecule has 1 amide bonds. The van der Waals surface area contributed by atoms with E-state index in [2.05, 4.69) is 28.5 Å². The van der Waals surface area contributed by atoms with Crippen LogP contribution in [0.3, 0.4) is 0 Å². The summed E-state index contributed by atoms with van der Waals surface area (Å²) in [7, 11) is 0. The van der Waals surface area contributed by atoms with E-state index in [1.54, 1.807) is 17.6 Å². The molecule has 1 aromatic heterocycles. The highest BCUT2D eigenvalue weighted by atomic mass is 19.2. The molecule has 1 fully saturated rings. The van der Waals surface area contributed by atoms with E-state index in [1.807, 2.05) is 24.3 Å². The van der Waals surface area contributed by atoms with Gasteiger partial charge in [0.05, 0.1) is 0 Å². The van der Waals surface area contributed by atoms with Crippen molar-refractivity contribution < 1.29 is 23.2 Å². The molecule has 2 heterocycles. The minimum Gasteiger partial charge on any atom is -0.344 e. The third kappa shape index (κ3) is 5.33. The zero-order chi connectivity index (χ0) is 26.8. The molecular weight excluding hydrogens is 491 g/mol. The van der Waals surface area contributed by atoms with E-state index >= 15 is 0 Å². The molecule has 0 atom stereocenters. The Morgan fingerprint density at radius 1 is 0.974 bits per heavy atom. The van der Waals surface area contributed by atoms with E-state index in [-0.39, 0.29) is 12.1 Å². The maximum Gasteiger partial charge on any atom is 0.274 e. The zero-order valence-electron chi connectivity index (χ0n) is 21.2. The number of carbonyl (C=O) groups is 1. The quantitative estimate of drug-likeness (QED) is 0.179. The molecule has 0 aliphatic carbocycles. The molecule has 0 spiro atoms. The minimum absolute atomic E-state index is 0.185. The van der Waals surface area contributed by atoms with Gasteiger partial charge in [-0.15, -0.1) is 0 Å². The fourth-order valence-electron chi connectivity index (χ4n) is 5.51. The molecule has 1 aliphatic heterocycles. The fraction of sp³-hybridized carbons (Fsp3) is 0.300. The fourth-order valence-corrected chi connectivity index (χ4v) is 5.51. The summed E-state index contributed by atoms with van der Waals surface area (Å²) in [6.07, 6.45) is 2.58. The second-order valence-electron chi connectivity index (χ2n) is 10.1. The number of halogens is 3. The predicted octanol–water partition coefficient (Wildman–Crippen LogP) is 5.99. The third-order valence-corrected chi connectivity index (χ3v) is 7.69. The van der Waals surface area contributed by atoms with Crippen LogP contribution in [0.2, 0.25) is 0 Å². The number of piperidine rings is 1. The van der Waals surface area contributed by atoms with Crippen molar-refractivity contribution in [1.29, 1.82) is 0 Å². The van der Waals surface area contributed by atoms with Gasteiger partial charge in [0.15, 0.2) is 11.6 Å². The number of hydrogen-bond acceptors (Lipinski definition) is 3. The second kappa shape index (κ2) is 11.0. The van der Waals surface area contributed by atoms with Gasteiger partial charge >= 0.3 is 0 Å². The summed E-state index contributed by atoms with van der Waals surface area (Å²) in [6.45, 7) is 4.81. The van der Waals surface area contributed by atoms with E-state index in [1.165, 1.54) is 22.2 Å². The molecule has 0 unspecified atom stereocenters. The molecule has 1 saturated heterocycles. The van der Waals surface area contributed by atoms with Crippen molar-refractivity contribution in [3.63, 3.8) is 0 Å². The van der Waals surface area contributed by atoms with Crippen molar-refractivity contribution in [2.45, 2.75) is 39.3 Å². The molecular formula is C30H30F3N3O2. The van der Waals surface area contributed by atoms with Gasteiger partial charge in [0.1, 0.15) is 5.82 Å². The number of fused-ring (bicyclic) bond motifs is 1. The number of hydroxylamine groups is 1. The molecule has 4 aromatic rings. The predicted molar refractivity (Wildman–Crippen MR) is 139 cm³/mol. The van der Waals surface area contributed by atoms with Crippen LogP contribution in [0.25, 0.3) is 10.9 Å². The number of benzene rings is 3. The Labute approximate surface area is 219 Å². The first-order chi connectivity index (χ1) is 18.3. The van der Waals surface area contributed by atoms with Gasteiger partial charge in [-0.2, -0.15) is 0 Å². The van der Waals surface area contributed by atoms with Gasteiger partial charge in [-0.25, -0.2) is 18.7 Å². The molecule has 38 heavy (non-hydrogen) atoms. The minimum atomic E-state index is -1.16. The summed E-state index contributed by atoms with van der Waals surface area (Å²) in [4.78, 5) is 13.7. The van der Waals surface area contributed by atoms with Crippen LogP contribution in [0.5, 0.6) is 0 Å². The Morgan fingerprint density at radius 3 is 2.37 bits per heavy atom. The Kier molecular flexibility index (Phi) is 7.53. The molecule has 0 radical (unpaired) electrons. The maximum atomic E-state index is 14.1. The third-order valence-electron chi connectivity index (χ3n) is 7.69. The number of rotatable bonds is 7. The van der Waals surface area contributed by atoms with Crippen molar-refractivity contribution >= 4 is 16.8 Å². The summed E-state index contributed by atoms with van der Waals surface area (Å²) in [5.74, 6) is -2.98. The maximum absolute atomic E-state index is 14.1. The van der Waals surface area contributed by atoms with Crippen molar-refractivity contribution in [2.24, 2.45) is 5.92 Å². The van der Waals surface area contributed by atoms with E-state index in [4.69, 9.17) is 5.21 Å². The van der Waals surface area contributed by atoms with Crippen LogP contribution < -0.4 is 5.48 Å². The van der Waals surface area contributed by atoms with Crippen molar-refractivity contribution in [3.05, 3.63) is 106 Å². The van der Waals surface area contributed by atoms with Gasteiger partial charge in [0.25, 0.3) is 5.91 Å². The van der Waals surface area contributed by atoms with E-state index in [0.29, 0.717) is 17.5 Å². The van der Waals surface area contributed by atoms with Gasteiger partial charge in [-0.05, 0) is 80.6 Å². The molecule has 3 aromatic carbocycles. The Bertz CT molecular complexity index is 1460. The highest BCUT2D eigenvalue weighted by Gasteiger charge is 2.23. The molecule has 1 aliphatic rings. The van der Waals surface area contributed by atoms with Crippen molar-refractivity contribution in [2.75, 3.05) is 13.1 Å². The summed E-state index contributed by atoms with van der Waals surface area (Å²) in [6, 6.07) is 17.2. The van der Waals surface area contributed by atoms with Gasteiger partial charge < -0.3 is 4.57 Å². The lowest BCUT2D eigenvalue weighted by Gasteiger charge is -2.32. The van der Waals surface area contributed by atoms with E-state index in [0.717, 1.165) is 50.5 Å². The first kappa shape index (κ1) is 26.0. The lowest BCUT2D eigenvalue weighted by atomic mass is 9.96. The van der Waals surface area contributed by atoms with Crippen molar-refractivity contribution in [1.82, 2.24) is 14.9 Å². The van der Waals surface area contributed by atoms with Gasteiger partial charge in [-0.1, -0.05) is 30.3 Å². The highest BCUT2D eigenvalue weighted by molar-refractivity contribution is 5.93. The van der Waals surface area contributed by atoms with Crippen LogP contribution in [0.1, 0.15) is 45.6 Å². The number of hydrogen-bond donors (Lipinski definition) is 2. The van der Waals surface area contributed by atoms with Gasteiger partial charge in [0.2, 0.25) is 0 Å². The van der Waals surface area contributed by atoms with Crippen molar-refractivity contribution in [3.8, 4) is 0 Å². The number of aromatic nitrogens is 1. The first-order valence-electron chi connectivity index (χ1n) is 12.8. The van der Waals surface area contributed by atoms with Crippen LogP contribution >= 0.6 is 0 Å². The number of nitrogens with zero attached hydrogens (tertiary/aromatic N) is 2. The molecule has 0 bridgehead atoms. The van der Waals surface area contributed by atoms with Crippen LogP contribution in [-0.2, 0) is 19.5 Å². The molecule has 5 rings (SSSR count). The van der Waals surface area contributed by atoms with Crippen LogP contribution in [0, 0.1) is 30.3 Å². The summed E-state index contributed by atoms with van der Waals surface area (Å²) >= 11 is 0. The Balaban J connectivity index is 1.29. The summed E-state index contributed by atoms with van der Waals surface area (Å²) < 4.78 is 43.4. The molecule has 8 heteroatoms. The van der Waals surface area contributed by atoms with E-state index in [9.17, 15) is 18.0 Å². The highest BCUT2D eigenvalue weighted by Crippen LogP contribution is 2.31. The largest absolute Gasteiger partial charge is 0.344 e. The Hall–Kier alpha value is -3.62. The van der Waals surface area contributed by atoms with Gasteiger partial charge in [-0.3, -0.25) is 14.9 Å². The second-order valence-corrected chi connectivity index (χ2v) is 10.1. The monoisotopic (exact) mass is 521 g/mol. The SMILES string of the molecule is Cc1c(Cc2ccc(C(=O)NO)cc2)c2ccccc2n1CC1CCN(Cc2cc(F)c(F)cc2F)CC1. The summed E-state index contributed by atoms with van der Waals surface area (Å²) in [5.41, 5.74) is 6.94. The van der Waals surface area contributed by atoms with Gasteiger partial charge in [0, 0.05) is 46.9 Å². The topological polar surface area (TPSA) is 57.5 Å². The normalized spacial score (nSPS) is 14.8. The number of nitrogens with one attached hydrogen (secondary N) is 1. The molecule has 5 nitrogen and oxygen atoms in total. The standard InChI is InChI=1S/C30H30F3N3O2/c1-19-25(14-20-6-8-22(9-7-20)30(37)34-38)24-4-2-3-5-29(24)36(19)17-21-10-12-35(13-11-21)18-23-15-27(32)28(33)16-26(23)31/h2-9,15-16,21,38H,10-14,17-18H2,1H3,(H,34,37). The van der Waals surface area contributed by atoms with Crippen LogP contribution in [0.4, 0.5) is 13.2 Å². The van der Waals surface area contributed by atoms with Crippen LogP contribution in [-0.4, -0.2) is 33.7 Å². The van der Waals surface area contributed by atoms with Crippen LogP contribution in [0.15, 0.2) is 60.7 Å². The lowest BCUT2D eigenvalue weighted by molar-refractivity contribution is 0.0706. The lowest BCUT2D eigenvalue weighted by Crippen LogP contribution is -2.35. The number of likely N-dealkylation sites (tertiary alicyclic amines) is 1. The molecule has 0 saturated carbocycles. The molecule has 2 N–H and O–H groups in total. The smallest absolute Gasteiger partial charge is 0.274 e. The number of para-hydroxylation sites is 1. The first-order valence-corrected chi connectivity index (χ1v) is 12.8. The average molecular weight is 522 g/mol.